The number of nitrogen functional groups attached to an aromatic ring is 1. The van der Waals surface area contributed by atoms with Crippen LogP contribution in [-0.2, 0) is 6.42 Å². The fourth-order valence-corrected chi connectivity index (χ4v) is 1.92. The predicted octanol–water partition coefficient (Wildman–Crippen LogP) is 1.93. The summed E-state index contributed by atoms with van der Waals surface area (Å²) in [7, 11) is 0. The predicted molar refractivity (Wildman–Crippen MR) is 75.2 cm³/mol. The maximum Gasteiger partial charge on any atom is 0.256 e. The first kappa shape index (κ1) is 13.4. The second-order valence-corrected chi connectivity index (χ2v) is 4.68. The average molecular weight is 279 g/mol. The number of rotatable bonds is 4. The van der Waals surface area contributed by atoms with Gasteiger partial charge in [-0.05, 0) is 31.0 Å². The molecule has 2 rings (SSSR count). The number of halogens is 1. The molecule has 1 amide bonds. The fourth-order valence-electron chi connectivity index (χ4n) is 1.79. The van der Waals surface area contributed by atoms with Gasteiger partial charge in [-0.15, -0.1) is 0 Å². The lowest BCUT2D eigenvalue weighted by molar-refractivity contribution is 0.0954. The number of hydrogen-bond acceptors (Lipinski definition) is 3. The van der Waals surface area contributed by atoms with Crippen molar-refractivity contribution in [3.63, 3.8) is 0 Å². The van der Waals surface area contributed by atoms with Crippen LogP contribution in [0.3, 0.4) is 0 Å². The van der Waals surface area contributed by atoms with Gasteiger partial charge in [0.2, 0.25) is 0 Å². The van der Waals surface area contributed by atoms with E-state index in [0.717, 1.165) is 12.0 Å². The molecule has 0 bridgehead atoms. The van der Waals surface area contributed by atoms with Gasteiger partial charge in [0.1, 0.15) is 5.56 Å². The summed E-state index contributed by atoms with van der Waals surface area (Å²) in [5, 5.41) is 9.99. The lowest BCUT2D eigenvalue weighted by atomic mass is 10.1. The highest BCUT2D eigenvalue weighted by Gasteiger charge is 2.15. The number of benzene rings is 1. The molecule has 6 heteroatoms. The largest absolute Gasteiger partial charge is 0.382 e. The van der Waals surface area contributed by atoms with Crippen LogP contribution in [0, 0.1) is 6.92 Å². The van der Waals surface area contributed by atoms with Crippen molar-refractivity contribution < 1.29 is 4.79 Å². The standard InChI is InChI=1S/C13H15ClN4O/c1-8-11(12(15)18-17-8)13(19)16-7-6-9-2-4-10(14)5-3-9/h2-5H,6-7H2,1H3,(H,16,19)(H3,15,17,18). The minimum absolute atomic E-state index is 0.210. The van der Waals surface area contributed by atoms with Crippen LogP contribution >= 0.6 is 11.6 Å². The van der Waals surface area contributed by atoms with Gasteiger partial charge in [-0.3, -0.25) is 9.89 Å². The van der Waals surface area contributed by atoms with Crippen molar-refractivity contribution in [1.29, 1.82) is 0 Å². The summed E-state index contributed by atoms with van der Waals surface area (Å²) < 4.78 is 0. The Kier molecular flexibility index (Phi) is 4.06. The van der Waals surface area contributed by atoms with E-state index in [1.807, 2.05) is 24.3 Å². The summed E-state index contributed by atoms with van der Waals surface area (Å²) in [5.74, 6) is 0.0132. The number of carbonyl (C=O) groups excluding carboxylic acids is 1. The summed E-state index contributed by atoms with van der Waals surface area (Å²) in [4.78, 5) is 11.9. The van der Waals surface area contributed by atoms with E-state index >= 15 is 0 Å². The molecular formula is C13H15ClN4O. The van der Waals surface area contributed by atoms with Crippen LogP contribution in [0.4, 0.5) is 5.82 Å². The number of nitrogens with two attached hydrogens (primary N) is 1. The molecule has 0 aliphatic carbocycles. The Bertz CT molecular complexity index is 557. The number of aromatic nitrogens is 2. The summed E-state index contributed by atoms with van der Waals surface area (Å²) in [5.41, 5.74) is 7.82. The molecule has 1 heterocycles. The van der Waals surface area contributed by atoms with E-state index in [1.54, 1.807) is 6.92 Å². The molecule has 1 aromatic carbocycles. The van der Waals surface area contributed by atoms with Crippen LogP contribution in [0.25, 0.3) is 0 Å². The van der Waals surface area contributed by atoms with Crippen LogP contribution < -0.4 is 11.1 Å². The number of H-pyrrole nitrogens is 1. The molecular weight excluding hydrogens is 264 g/mol. The number of aryl methyl sites for hydroxylation is 1. The third-order valence-corrected chi connectivity index (χ3v) is 3.07. The van der Waals surface area contributed by atoms with Crippen LogP contribution in [-0.4, -0.2) is 22.6 Å². The summed E-state index contributed by atoms with van der Waals surface area (Å²) in [6.07, 6.45) is 0.736. The van der Waals surface area contributed by atoms with E-state index in [0.29, 0.717) is 22.8 Å². The number of amides is 1. The smallest absolute Gasteiger partial charge is 0.256 e. The van der Waals surface area contributed by atoms with Crippen molar-refractivity contribution in [2.75, 3.05) is 12.3 Å². The zero-order valence-corrected chi connectivity index (χ0v) is 11.3. The van der Waals surface area contributed by atoms with E-state index in [2.05, 4.69) is 15.5 Å². The van der Waals surface area contributed by atoms with Crippen molar-refractivity contribution in [3.05, 3.63) is 46.1 Å². The first-order chi connectivity index (χ1) is 9.08. The van der Waals surface area contributed by atoms with E-state index in [9.17, 15) is 4.79 Å². The lowest BCUT2D eigenvalue weighted by Gasteiger charge is -2.05. The van der Waals surface area contributed by atoms with Crippen LogP contribution in [0.1, 0.15) is 21.6 Å². The van der Waals surface area contributed by atoms with Gasteiger partial charge in [-0.25, -0.2) is 0 Å². The molecule has 0 spiro atoms. The van der Waals surface area contributed by atoms with Gasteiger partial charge in [0, 0.05) is 17.3 Å². The summed E-state index contributed by atoms with van der Waals surface area (Å²) in [6, 6.07) is 7.53. The van der Waals surface area contributed by atoms with Crippen molar-refractivity contribution in [3.8, 4) is 0 Å². The van der Waals surface area contributed by atoms with Gasteiger partial charge in [-0.2, -0.15) is 5.10 Å². The Labute approximate surface area is 116 Å². The number of aromatic amines is 1. The highest BCUT2D eigenvalue weighted by Crippen LogP contribution is 2.12. The van der Waals surface area contributed by atoms with E-state index in [-0.39, 0.29) is 11.7 Å². The molecule has 19 heavy (non-hydrogen) atoms. The fraction of sp³-hybridized carbons (Fsp3) is 0.231. The molecule has 0 aliphatic heterocycles. The molecule has 1 aromatic heterocycles. The van der Waals surface area contributed by atoms with Crippen LogP contribution in [0.5, 0.6) is 0 Å². The number of carbonyl (C=O) groups is 1. The highest BCUT2D eigenvalue weighted by atomic mass is 35.5. The molecule has 4 N–H and O–H groups in total. The third kappa shape index (κ3) is 3.26. The first-order valence-electron chi connectivity index (χ1n) is 5.91. The Morgan fingerprint density at radius 1 is 1.42 bits per heavy atom. The monoisotopic (exact) mass is 278 g/mol. The SMILES string of the molecule is Cc1[nH]nc(N)c1C(=O)NCCc1ccc(Cl)cc1. The summed E-state index contributed by atoms with van der Waals surface area (Å²) >= 11 is 5.80. The molecule has 0 saturated carbocycles. The third-order valence-electron chi connectivity index (χ3n) is 2.81. The number of nitrogens with one attached hydrogen (secondary N) is 2. The van der Waals surface area contributed by atoms with Gasteiger partial charge >= 0.3 is 0 Å². The molecule has 5 nitrogen and oxygen atoms in total. The zero-order chi connectivity index (χ0) is 13.8. The number of anilines is 1. The van der Waals surface area contributed by atoms with E-state index < -0.39 is 0 Å². The van der Waals surface area contributed by atoms with Crippen molar-refractivity contribution in [2.45, 2.75) is 13.3 Å². The molecule has 0 saturated heterocycles. The minimum atomic E-state index is -0.210. The molecule has 0 radical (unpaired) electrons. The Morgan fingerprint density at radius 2 is 2.11 bits per heavy atom. The minimum Gasteiger partial charge on any atom is -0.382 e. The first-order valence-corrected chi connectivity index (χ1v) is 6.29. The van der Waals surface area contributed by atoms with Gasteiger partial charge in [0.25, 0.3) is 5.91 Å². The van der Waals surface area contributed by atoms with Crippen LogP contribution in [0.2, 0.25) is 5.02 Å². The van der Waals surface area contributed by atoms with Crippen LogP contribution in [0.15, 0.2) is 24.3 Å². The van der Waals surface area contributed by atoms with Crippen molar-refractivity contribution in [2.24, 2.45) is 0 Å². The molecule has 2 aromatic rings. The maximum absolute atomic E-state index is 11.9. The van der Waals surface area contributed by atoms with Gasteiger partial charge in [0.15, 0.2) is 5.82 Å². The molecule has 0 unspecified atom stereocenters. The number of hydrogen-bond donors (Lipinski definition) is 3. The van der Waals surface area contributed by atoms with Gasteiger partial charge in [0.05, 0.1) is 0 Å². The molecule has 100 valence electrons. The molecule has 0 atom stereocenters. The topological polar surface area (TPSA) is 83.8 Å². The number of nitrogens with zero attached hydrogens (tertiary/aromatic N) is 1. The quantitative estimate of drug-likeness (QED) is 0.799. The van der Waals surface area contributed by atoms with Crippen molar-refractivity contribution in [1.82, 2.24) is 15.5 Å². The van der Waals surface area contributed by atoms with E-state index in [4.69, 9.17) is 17.3 Å². The Morgan fingerprint density at radius 3 is 2.68 bits per heavy atom. The van der Waals surface area contributed by atoms with Gasteiger partial charge < -0.3 is 11.1 Å². The second kappa shape index (κ2) is 5.75. The van der Waals surface area contributed by atoms with Crippen molar-refractivity contribution >= 4 is 23.3 Å². The summed E-state index contributed by atoms with van der Waals surface area (Å²) in [6.45, 7) is 2.29. The van der Waals surface area contributed by atoms with E-state index in [1.165, 1.54) is 0 Å². The lowest BCUT2D eigenvalue weighted by Crippen LogP contribution is -2.26. The molecule has 0 fully saturated rings. The second-order valence-electron chi connectivity index (χ2n) is 4.24. The average Bonchev–Trinajstić information content (AvgIpc) is 2.71. The maximum atomic E-state index is 11.9. The van der Waals surface area contributed by atoms with Gasteiger partial charge in [-0.1, -0.05) is 23.7 Å². The zero-order valence-electron chi connectivity index (χ0n) is 10.5. The normalized spacial score (nSPS) is 10.4. The Hall–Kier alpha value is -2.01. The molecule has 0 aliphatic rings. The highest BCUT2D eigenvalue weighted by molar-refractivity contribution is 6.30. The Balaban J connectivity index is 1.89.